The number of nitrogens with one attached hydrogen (secondary N) is 1. The van der Waals surface area contributed by atoms with Crippen LogP contribution in [0.1, 0.15) is 61.7 Å². The number of pyridine rings is 1. The van der Waals surface area contributed by atoms with Crippen LogP contribution in [0.5, 0.6) is 0 Å². The molecular formula is C22H30N4O3S. The number of morpholine rings is 1. The molecule has 3 heterocycles. The summed E-state index contributed by atoms with van der Waals surface area (Å²) in [7, 11) is 0. The van der Waals surface area contributed by atoms with E-state index in [0.717, 1.165) is 60.0 Å². The van der Waals surface area contributed by atoms with E-state index >= 15 is 0 Å². The van der Waals surface area contributed by atoms with Crippen LogP contribution in [0.3, 0.4) is 0 Å². The highest BCUT2D eigenvalue weighted by Gasteiger charge is 2.35. The summed E-state index contributed by atoms with van der Waals surface area (Å²) < 4.78 is 5.96. The SMILES string of the molecule is Cc1cc(Nc2nc(C)cs2)cc([C@H]2CN(C(=O)CC3(O)CCCCC3)CCO2)n1. The Morgan fingerprint density at radius 2 is 2.07 bits per heavy atom. The summed E-state index contributed by atoms with van der Waals surface area (Å²) in [5.41, 5.74) is 2.74. The van der Waals surface area contributed by atoms with Gasteiger partial charge in [-0.25, -0.2) is 4.98 Å². The molecule has 2 fully saturated rings. The van der Waals surface area contributed by atoms with Gasteiger partial charge in [-0.15, -0.1) is 11.3 Å². The monoisotopic (exact) mass is 430 g/mol. The maximum atomic E-state index is 12.9. The second-order valence-corrected chi connectivity index (χ2v) is 9.36. The van der Waals surface area contributed by atoms with E-state index in [4.69, 9.17) is 4.74 Å². The molecule has 1 aliphatic carbocycles. The second-order valence-electron chi connectivity index (χ2n) is 8.50. The normalized spacial score (nSPS) is 21.4. The first kappa shape index (κ1) is 21.2. The first-order chi connectivity index (χ1) is 14.4. The summed E-state index contributed by atoms with van der Waals surface area (Å²) in [4.78, 5) is 23.8. The molecule has 7 nitrogen and oxygen atoms in total. The number of nitrogens with zero attached hydrogens (tertiary/aromatic N) is 3. The summed E-state index contributed by atoms with van der Waals surface area (Å²) in [6.07, 6.45) is 4.51. The van der Waals surface area contributed by atoms with E-state index in [1.165, 1.54) is 0 Å². The molecule has 0 radical (unpaired) electrons. The van der Waals surface area contributed by atoms with Crippen LogP contribution >= 0.6 is 11.3 Å². The number of thiazole rings is 1. The zero-order valence-corrected chi connectivity index (χ0v) is 18.5. The maximum absolute atomic E-state index is 12.9. The number of amides is 1. The lowest BCUT2D eigenvalue weighted by atomic mass is 9.82. The van der Waals surface area contributed by atoms with Crippen molar-refractivity contribution >= 4 is 28.1 Å². The first-order valence-electron chi connectivity index (χ1n) is 10.7. The van der Waals surface area contributed by atoms with Crippen molar-refractivity contribution in [2.24, 2.45) is 0 Å². The highest BCUT2D eigenvalue weighted by Crippen LogP contribution is 2.32. The van der Waals surface area contributed by atoms with Crippen molar-refractivity contribution in [3.63, 3.8) is 0 Å². The van der Waals surface area contributed by atoms with Gasteiger partial charge in [0.25, 0.3) is 0 Å². The second kappa shape index (κ2) is 8.99. The third-order valence-electron chi connectivity index (χ3n) is 5.86. The molecule has 1 aliphatic heterocycles. The van der Waals surface area contributed by atoms with Gasteiger partial charge in [-0.05, 0) is 38.8 Å². The van der Waals surface area contributed by atoms with Crippen LogP contribution in [0.2, 0.25) is 0 Å². The number of carbonyl (C=O) groups is 1. The minimum absolute atomic E-state index is 0.0111. The van der Waals surface area contributed by atoms with E-state index in [-0.39, 0.29) is 18.4 Å². The van der Waals surface area contributed by atoms with E-state index < -0.39 is 5.60 Å². The van der Waals surface area contributed by atoms with Gasteiger partial charge in [0.2, 0.25) is 5.91 Å². The van der Waals surface area contributed by atoms with E-state index in [1.807, 2.05) is 36.3 Å². The molecule has 0 unspecified atom stereocenters. The number of aromatic nitrogens is 2. The van der Waals surface area contributed by atoms with Gasteiger partial charge in [0.1, 0.15) is 6.10 Å². The summed E-state index contributed by atoms with van der Waals surface area (Å²) in [5.74, 6) is 0.0111. The molecular weight excluding hydrogens is 400 g/mol. The highest BCUT2D eigenvalue weighted by molar-refractivity contribution is 7.13. The molecule has 0 bridgehead atoms. The van der Waals surface area contributed by atoms with Crippen molar-refractivity contribution in [1.82, 2.24) is 14.9 Å². The van der Waals surface area contributed by atoms with Gasteiger partial charge in [-0.2, -0.15) is 0 Å². The molecule has 2 aromatic rings. The first-order valence-corrected chi connectivity index (χ1v) is 11.6. The van der Waals surface area contributed by atoms with E-state index in [0.29, 0.717) is 19.7 Å². The molecule has 0 spiro atoms. The van der Waals surface area contributed by atoms with E-state index in [1.54, 1.807) is 11.3 Å². The quantitative estimate of drug-likeness (QED) is 0.748. The maximum Gasteiger partial charge on any atom is 0.225 e. The number of aryl methyl sites for hydroxylation is 2. The molecule has 0 aromatic carbocycles. The van der Waals surface area contributed by atoms with Gasteiger partial charge in [-0.3, -0.25) is 9.78 Å². The number of hydrogen-bond donors (Lipinski definition) is 2. The van der Waals surface area contributed by atoms with Crippen LogP contribution in [-0.2, 0) is 9.53 Å². The fourth-order valence-corrected chi connectivity index (χ4v) is 5.01. The molecule has 30 heavy (non-hydrogen) atoms. The molecule has 2 aliphatic rings. The minimum Gasteiger partial charge on any atom is -0.389 e. The van der Waals surface area contributed by atoms with Gasteiger partial charge in [0, 0.05) is 23.3 Å². The number of aliphatic hydroxyl groups is 1. The number of rotatable bonds is 5. The van der Waals surface area contributed by atoms with Crippen LogP contribution < -0.4 is 5.32 Å². The van der Waals surface area contributed by atoms with E-state index in [9.17, 15) is 9.90 Å². The molecule has 1 saturated heterocycles. The lowest BCUT2D eigenvalue weighted by molar-refractivity contribution is -0.145. The standard InChI is InChI=1S/C22H30N4O3S/c1-15-10-17(25-21-24-16(2)14-30-21)11-18(23-15)19-13-26(8-9-29-19)20(27)12-22(28)6-4-3-5-7-22/h10-11,14,19,28H,3-9,12-13H2,1-2H3,(H,23,24,25)/t19-/m1/s1. The Labute approximate surface area is 181 Å². The lowest BCUT2D eigenvalue weighted by Crippen LogP contribution is -2.46. The number of ether oxygens (including phenoxy) is 1. The van der Waals surface area contributed by atoms with Crippen LogP contribution in [0.15, 0.2) is 17.5 Å². The summed E-state index contributed by atoms with van der Waals surface area (Å²) in [6.45, 7) is 5.41. The topological polar surface area (TPSA) is 87.6 Å². The molecule has 4 rings (SSSR count). The average molecular weight is 431 g/mol. The zero-order valence-electron chi connectivity index (χ0n) is 17.7. The Morgan fingerprint density at radius 1 is 1.27 bits per heavy atom. The number of anilines is 2. The average Bonchev–Trinajstić information content (AvgIpc) is 3.12. The van der Waals surface area contributed by atoms with Crippen molar-refractivity contribution in [3.05, 3.63) is 34.6 Å². The molecule has 2 aromatic heterocycles. The van der Waals surface area contributed by atoms with Gasteiger partial charge in [0.15, 0.2) is 5.13 Å². The predicted molar refractivity (Wildman–Crippen MR) is 117 cm³/mol. The summed E-state index contributed by atoms with van der Waals surface area (Å²) >= 11 is 1.56. The third-order valence-corrected chi connectivity index (χ3v) is 6.73. The lowest BCUT2D eigenvalue weighted by Gasteiger charge is -2.37. The fourth-order valence-electron chi connectivity index (χ4n) is 4.30. The van der Waals surface area contributed by atoms with Crippen molar-refractivity contribution in [2.75, 3.05) is 25.0 Å². The Bertz CT molecular complexity index is 894. The van der Waals surface area contributed by atoms with E-state index in [2.05, 4.69) is 15.3 Å². The van der Waals surface area contributed by atoms with Gasteiger partial charge < -0.3 is 20.1 Å². The van der Waals surface area contributed by atoms with Crippen molar-refractivity contribution in [1.29, 1.82) is 0 Å². The largest absolute Gasteiger partial charge is 0.389 e. The number of hydrogen-bond acceptors (Lipinski definition) is 7. The van der Waals surface area contributed by atoms with Gasteiger partial charge >= 0.3 is 0 Å². The zero-order chi connectivity index (χ0) is 21.1. The fraction of sp³-hybridized carbons (Fsp3) is 0.591. The van der Waals surface area contributed by atoms with Crippen LogP contribution in [0.25, 0.3) is 0 Å². The summed E-state index contributed by atoms with van der Waals surface area (Å²) in [5, 5.41) is 16.9. The van der Waals surface area contributed by atoms with Crippen LogP contribution in [0, 0.1) is 13.8 Å². The minimum atomic E-state index is -0.840. The highest BCUT2D eigenvalue weighted by atomic mass is 32.1. The Kier molecular flexibility index (Phi) is 6.36. The van der Waals surface area contributed by atoms with Gasteiger partial charge in [-0.1, -0.05) is 19.3 Å². The molecule has 1 atom stereocenters. The molecule has 162 valence electrons. The molecule has 1 saturated carbocycles. The molecule has 2 N–H and O–H groups in total. The smallest absolute Gasteiger partial charge is 0.225 e. The molecule has 8 heteroatoms. The number of carbonyl (C=O) groups excluding carboxylic acids is 1. The Morgan fingerprint density at radius 3 is 2.80 bits per heavy atom. The van der Waals surface area contributed by atoms with Crippen molar-refractivity contribution < 1.29 is 14.6 Å². The third kappa shape index (κ3) is 5.17. The Hall–Kier alpha value is -2.03. The predicted octanol–water partition coefficient (Wildman–Crippen LogP) is 3.88. The van der Waals surface area contributed by atoms with Crippen LogP contribution in [-0.4, -0.2) is 51.2 Å². The molecule has 1 amide bonds. The van der Waals surface area contributed by atoms with Crippen LogP contribution in [0.4, 0.5) is 10.8 Å². The van der Waals surface area contributed by atoms with Crippen molar-refractivity contribution in [2.45, 2.75) is 64.1 Å². The Balaban J connectivity index is 1.44. The summed E-state index contributed by atoms with van der Waals surface area (Å²) in [6, 6.07) is 3.95. The van der Waals surface area contributed by atoms with Gasteiger partial charge in [0.05, 0.1) is 36.6 Å². The van der Waals surface area contributed by atoms with Crippen molar-refractivity contribution in [3.8, 4) is 0 Å².